The molecular formula is C18H20FN3O4. The monoisotopic (exact) mass is 361 g/mol. The third-order valence-corrected chi connectivity index (χ3v) is 3.50. The number of nitrogens with zero attached hydrogens (tertiary/aromatic N) is 1. The summed E-state index contributed by atoms with van der Waals surface area (Å²) in [6.45, 7) is 5.22. The number of carbonyl (C=O) groups excluding carboxylic acids is 2. The lowest BCUT2D eigenvalue weighted by Crippen LogP contribution is -2.24. The molecule has 7 nitrogen and oxygen atoms in total. The second kappa shape index (κ2) is 8.80. The molecule has 26 heavy (non-hydrogen) atoms. The fourth-order valence-corrected chi connectivity index (χ4v) is 2.32. The molecule has 0 saturated heterocycles. The third-order valence-electron chi connectivity index (χ3n) is 3.50. The van der Waals surface area contributed by atoms with Gasteiger partial charge in [-0.05, 0) is 38.5 Å². The summed E-state index contributed by atoms with van der Waals surface area (Å²) in [6, 6.07) is 5.49. The van der Waals surface area contributed by atoms with Gasteiger partial charge in [-0.15, -0.1) is 0 Å². The number of H-pyrrole nitrogens is 1. The Morgan fingerprint density at radius 1 is 1.35 bits per heavy atom. The maximum atomic E-state index is 13.0. The molecule has 0 aliphatic heterocycles. The van der Waals surface area contributed by atoms with E-state index in [-0.39, 0.29) is 19.0 Å². The van der Waals surface area contributed by atoms with E-state index < -0.39 is 17.7 Å². The molecule has 2 rings (SSSR count). The van der Waals surface area contributed by atoms with Crippen LogP contribution in [-0.2, 0) is 9.53 Å². The number of hydrogen-bond acceptors (Lipinski definition) is 5. The molecule has 2 aromatic rings. The van der Waals surface area contributed by atoms with Gasteiger partial charge >= 0.3 is 5.97 Å². The Balaban J connectivity index is 1.92. The molecule has 0 aliphatic carbocycles. The Morgan fingerprint density at radius 3 is 2.81 bits per heavy atom. The third kappa shape index (κ3) is 4.92. The number of esters is 1. The van der Waals surface area contributed by atoms with Gasteiger partial charge in [0.05, 0.1) is 24.1 Å². The topological polar surface area (TPSA) is 92.8 Å². The van der Waals surface area contributed by atoms with E-state index in [0.717, 1.165) is 0 Å². The number of rotatable bonds is 7. The minimum absolute atomic E-state index is 0.249. The van der Waals surface area contributed by atoms with Gasteiger partial charge in [-0.25, -0.2) is 14.6 Å². The smallest absolute Gasteiger partial charge is 0.340 e. The van der Waals surface area contributed by atoms with Crippen molar-refractivity contribution in [3.05, 3.63) is 52.6 Å². The number of aromatic amines is 1. The SMILES string of the molecule is CCOC(=O)c1c(C)[nH]c(/C=N/NC(=O)COc2cccc(F)c2)c1C. The van der Waals surface area contributed by atoms with Crippen molar-refractivity contribution in [3.63, 3.8) is 0 Å². The van der Waals surface area contributed by atoms with Crippen molar-refractivity contribution in [3.8, 4) is 5.75 Å². The first-order valence-corrected chi connectivity index (χ1v) is 7.99. The normalized spacial score (nSPS) is 10.8. The summed E-state index contributed by atoms with van der Waals surface area (Å²) < 4.78 is 23.2. The van der Waals surface area contributed by atoms with Crippen molar-refractivity contribution in [2.45, 2.75) is 20.8 Å². The van der Waals surface area contributed by atoms with Crippen LogP contribution < -0.4 is 10.2 Å². The number of carbonyl (C=O) groups is 2. The lowest BCUT2D eigenvalue weighted by Gasteiger charge is -2.04. The van der Waals surface area contributed by atoms with E-state index in [1.165, 1.54) is 24.4 Å². The zero-order chi connectivity index (χ0) is 19.1. The summed E-state index contributed by atoms with van der Waals surface area (Å²) in [4.78, 5) is 26.7. The van der Waals surface area contributed by atoms with Gasteiger partial charge in [0, 0.05) is 11.8 Å². The lowest BCUT2D eigenvalue weighted by atomic mass is 10.1. The quantitative estimate of drug-likeness (QED) is 0.450. The molecule has 1 aromatic heterocycles. The largest absolute Gasteiger partial charge is 0.484 e. The molecule has 8 heteroatoms. The number of benzene rings is 1. The van der Waals surface area contributed by atoms with Gasteiger partial charge in [0.2, 0.25) is 0 Å². The maximum Gasteiger partial charge on any atom is 0.340 e. The van der Waals surface area contributed by atoms with Crippen molar-refractivity contribution in [2.75, 3.05) is 13.2 Å². The molecule has 2 N–H and O–H groups in total. The predicted molar refractivity (Wildman–Crippen MR) is 93.9 cm³/mol. The Morgan fingerprint density at radius 2 is 2.12 bits per heavy atom. The van der Waals surface area contributed by atoms with Gasteiger partial charge in [-0.3, -0.25) is 4.79 Å². The van der Waals surface area contributed by atoms with Crippen LogP contribution in [0, 0.1) is 19.7 Å². The van der Waals surface area contributed by atoms with E-state index in [4.69, 9.17) is 9.47 Å². The minimum atomic E-state index is -0.503. The van der Waals surface area contributed by atoms with Crippen LogP contribution >= 0.6 is 0 Å². The first-order chi connectivity index (χ1) is 12.4. The highest BCUT2D eigenvalue weighted by molar-refractivity contribution is 5.96. The standard InChI is InChI=1S/C18H20FN3O4/c1-4-25-18(24)17-11(2)15(21-12(17)3)9-20-22-16(23)10-26-14-7-5-6-13(19)8-14/h5-9,21H,4,10H2,1-3H3,(H,22,23)/b20-9+. The zero-order valence-corrected chi connectivity index (χ0v) is 14.8. The molecule has 0 bridgehead atoms. The van der Waals surface area contributed by atoms with Crippen LogP contribution in [-0.4, -0.2) is 36.3 Å². The zero-order valence-electron chi connectivity index (χ0n) is 14.8. The molecule has 0 unspecified atom stereocenters. The molecule has 0 fully saturated rings. The highest BCUT2D eigenvalue weighted by Crippen LogP contribution is 2.17. The number of aromatic nitrogens is 1. The second-order valence-corrected chi connectivity index (χ2v) is 5.42. The first-order valence-electron chi connectivity index (χ1n) is 7.99. The van der Waals surface area contributed by atoms with Crippen LogP contribution in [0.1, 0.15) is 34.2 Å². The van der Waals surface area contributed by atoms with E-state index in [0.29, 0.717) is 22.5 Å². The highest BCUT2D eigenvalue weighted by Gasteiger charge is 2.18. The van der Waals surface area contributed by atoms with E-state index in [1.54, 1.807) is 26.8 Å². The fraction of sp³-hybridized carbons (Fsp3) is 0.278. The van der Waals surface area contributed by atoms with Crippen molar-refractivity contribution in [2.24, 2.45) is 5.10 Å². The molecule has 1 heterocycles. The summed E-state index contributed by atoms with van der Waals surface area (Å²) in [5.41, 5.74) is 4.67. The van der Waals surface area contributed by atoms with Crippen molar-refractivity contribution >= 4 is 18.1 Å². The molecule has 0 radical (unpaired) electrons. The first kappa shape index (κ1) is 19.2. The average Bonchev–Trinajstić information content (AvgIpc) is 2.87. The molecule has 1 amide bonds. The Labute approximate surface area is 150 Å². The van der Waals surface area contributed by atoms with Crippen molar-refractivity contribution in [1.29, 1.82) is 0 Å². The summed E-state index contributed by atoms with van der Waals surface area (Å²) in [5, 5.41) is 3.83. The van der Waals surface area contributed by atoms with E-state index >= 15 is 0 Å². The number of halogens is 1. The number of aryl methyl sites for hydroxylation is 1. The van der Waals surface area contributed by atoms with Crippen molar-refractivity contribution in [1.82, 2.24) is 10.4 Å². The Kier molecular flexibility index (Phi) is 6.48. The Hall–Kier alpha value is -3.16. The van der Waals surface area contributed by atoms with Crippen molar-refractivity contribution < 1.29 is 23.5 Å². The molecule has 1 aromatic carbocycles. The van der Waals surface area contributed by atoms with Crippen LogP contribution in [0.4, 0.5) is 4.39 Å². The molecular weight excluding hydrogens is 341 g/mol. The van der Waals surface area contributed by atoms with E-state index in [2.05, 4.69) is 15.5 Å². The van der Waals surface area contributed by atoms with Crippen LogP contribution in [0.25, 0.3) is 0 Å². The molecule has 0 atom stereocenters. The molecule has 0 spiro atoms. The fourth-order valence-electron chi connectivity index (χ4n) is 2.32. The number of hydrogen-bond donors (Lipinski definition) is 2. The number of amides is 1. The number of hydrazone groups is 1. The summed E-state index contributed by atoms with van der Waals surface area (Å²) in [6.07, 6.45) is 1.39. The molecule has 138 valence electrons. The van der Waals surface area contributed by atoms with Gasteiger partial charge in [-0.2, -0.15) is 5.10 Å². The van der Waals surface area contributed by atoms with E-state index in [9.17, 15) is 14.0 Å². The summed E-state index contributed by atoms with van der Waals surface area (Å²) in [7, 11) is 0. The minimum Gasteiger partial charge on any atom is -0.484 e. The van der Waals surface area contributed by atoms with Crippen LogP contribution in [0.15, 0.2) is 29.4 Å². The highest BCUT2D eigenvalue weighted by atomic mass is 19.1. The summed E-state index contributed by atoms with van der Waals surface area (Å²) in [5.74, 6) is -1.11. The number of ether oxygens (including phenoxy) is 2. The molecule has 0 aliphatic rings. The predicted octanol–water partition coefficient (Wildman–Crippen LogP) is 2.48. The van der Waals surface area contributed by atoms with Gasteiger partial charge in [0.25, 0.3) is 5.91 Å². The van der Waals surface area contributed by atoms with Crippen LogP contribution in [0.2, 0.25) is 0 Å². The molecule has 0 saturated carbocycles. The van der Waals surface area contributed by atoms with Gasteiger partial charge < -0.3 is 14.5 Å². The van der Waals surface area contributed by atoms with Gasteiger partial charge in [0.1, 0.15) is 11.6 Å². The summed E-state index contributed by atoms with van der Waals surface area (Å²) >= 11 is 0. The van der Waals surface area contributed by atoms with Crippen LogP contribution in [0.5, 0.6) is 5.75 Å². The van der Waals surface area contributed by atoms with E-state index in [1.807, 2.05) is 0 Å². The second-order valence-electron chi connectivity index (χ2n) is 5.42. The van der Waals surface area contributed by atoms with Crippen LogP contribution in [0.3, 0.4) is 0 Å². The number of nitrogens with one attached hydrogen (secondary N) is 2. The average molecular weight is 361 g/mol. The Bertz CT molecular complexity index is 830. The lowest BCUT2D eigenvalue weighted by molar-refractivity contribution is -0.123. The maximum absolute atomic E-state index is 13.0. The van der Waals surface area contributed by atoms with Gasteiger partial charge in [-0.1, -0.05) is 6.07 Å². The van der Waals surface area contributed by atoms with Gasteiger partial charge in [0.15, 0.2) is 6.61 Å².